The highest BCUT2D eigenvalue weighted by Crippen LogP contribution is 2.25. The molecule has 0 aromatic rings. The second kappa shape index (κ2) is 11.5. The Morgan fingerprint density at radius 3 is 2.80 bits per heavy atom. The van der Waals surface area contributed by atoms with Crippen LogP contribution < -0.4 is 5.32 Å². The maximum atomic E-state index is 11.9. The fraction of sp³-hybridized carbons (Fsp3) is 0.882. The summed E-state index contributed by atoms with van der Waals surface area (Å²) < 4.78 is 5.46. The molecule has 0 aromatic heterocycles. The van der Waals surface area contributed by atoms with Crippen molar-refractivity contribution in [2.45, 2.75) is 25.5 Å². The Hall–Kier alpha value is -0.220. The predicted octanol–water partition coefficient (Wildman–Crippen LogP) is 1.75. The molecule has 0 radical (unpaired) electrons. The SMILES string of the molecule is CC(C)C1CN(C(=NCC(=O)N(C)C)NCC2CCOC2)CCS1.I. The first kappa shape index (κ1) is 22.8. The summed E-state index contributed by atoms with van der Waals surface area (Å²) in [5, 5.41) is 4.12. The van der Waals surface area contributed by atoms with E-state index >= 15 is 0 Å². The van der Waals surface area contributed by atoms with Crippen LogP contribution in [0.2, 0.25) is 0 Å². The fourth-order valence-electron chi connectivity index (χ4n) is 2.80. The second-order valence-corrected chi connectivity index (χ2v) is 8.48. The van der Waals surface area contributed by atoms with Gasteiger partial charge in [0.1, 0.15) is 6.54 Å². The Morgan fingerprint density at radius 2 is 2.20 bits per heavy atom. The van der Waals surface area contributed by atoms with Crippen LogP contribution in [0.15, 0.2) is 4.99 Å². The van der Waals surface area contributed by atoms with E-state index in [2.05, 4.69) is 29.1 Å². The summed E-state index contributed by atoms with van der Waals surface area (Å²) in [5.41, 5.74) is 0. The van der Waals surface area contributed by atoms with E-state index in [1.807, 2.05) is 11.8 Å². The highest BCUT2D eigenvalue weighted by atomic mass is 127. The number of likely N-dealkylation sites (N-methyl/N-ethyl adjacent to an activating group) is 1. The van der Waals surface area contributed by atoms with Gasteiger partial charge in [-0.15, -0.1) is 24.0 Å². The number of aliphatic imine (C=N–C) groups is 1. The number of carbonyl (C=O) groups is 1. The third kappa shape index (κ3) is 7.50. The summed E-state index contributed by atoms with van der Waals surface area (Å²) in [6.45, 7) is 9.27. The van der Waals surface area contributed by atoms with Gasteiger partial charge in [-0.05, 0) is 12.3 Å². The minimum Gasteiger partial charge on any atom is -0.381 e. The number of thioether (sulfide) groups is 1. The van der Waals surface area contributed by atoms with Gasteiger partial charge >= 0.3 is 0 Å². The van der Waals surface area contributed by atoms with Gasteiger partial charge in [0.15, 0.2) is 5.96 Å². The standard InChI is InChI=1S/C17H32N4O2S.HI/c1-13(2)15-11-21(6-8-24-15)17(19-10-16(22)20(3)4)18-9-14-5-7-23-12-14;/h13-15H,5-12H2,1-4H3,(H,18,19);1H. The van der Waals surface area contributed by atoms with Gasteiger partial charge in [0, 0.05) is 57.3 Å². The molecule has 0 aromatic carbocycles. The molecule has 6 nitrogen and oxygen atoms in total. The van der Waals surface area contributed by atoms with Crippen LogP contribution in [0.5, 0.6) is 0 Å². The number of nitrogens with zero attached hydrogens (tertiary/aromatic N) is 3. The number of hydrogen-bond donors (Lipinski definition) is 1. The number of guanidine groups is 1. The van der Waals surface area contributed by atoms with Crippen molar-refractivity contribution in [2.24, 2.45) is 16.8 Å². The molecule has 0 aliphatic carbocycles. The lowest BCUT2D eigenvalue weighted by Gasteiger charge is -2.36. The minimum atomic E-state index is 0. The van der Waals surface area contributed by atoms with Crippen LogP contribution in [0, 0.1) is 11.8 Å². The van der Waals surface area contributed by atoms with E-state index in [4.69, 9.17) is 4.74 Å². The van der Waals surface area contributed by atoms with E-state index in [-0.39, 0.29) is 36.4 Å². The van der Waals surface area contributed by atoms with Gasteiger partial charge in [-0.1, -0.05) is 13.8 Å². The zero-order valence-corrected chi connectivity index (χ0v) is 19.0. The zero-order valence-electron chi connectivity index (χ0n) is 15.9. The molecule has 2 atom stereocenters. The van der Waals surface area contributed by atoms with Crippen molar-refractivity contribution in [3.63, 3.8) is 0 Å². The van der Waals surface area contributed by atoms with Gasteiger partial charge in [-0.3, -0.25) is 4.79 Å². The molecule has 2 fully saturated rings. The van der Waals surface area contributed by atoms with Gasteiger partial charge in [0.25, 0.3) is 0 Å². The lowest BCUT2D eigenvalue weighted by atomic mass is 10.1. The summed E-state index contributed by atoms with van der Waals surface area (Å²) in [6, 6.07) is 0. The Morgan fingerprint density at radius 1 is 1.44 bits per heavy atom. The molecule has 1 amide bonds. The quantitative estimate of drug-likeness (QED) is 0.366. The smallest absolute Gasteiger partial charge is 0.243 e. The summed E-state index contributed by atoms with van der Waals surface area (Å²) in [4.78, 5) is 20.4. The Balaban J connectivity index is 0.00000312. The first-order chi connectivity index (χ1) is 11.5. The molecule has 8 heteroatoms. The number of nitrogens with one attached hydrogen (secondary N) is 1. The molecule has 25 heavy (non-hydrogen) atoms. The molecule has 2 rings (SSSR count). The minimum absolute atomic E-state index is 0. The molecular weight excluding hydrogens is 451 g/mol. The molecule has 2 unspecified atom stereocenters. The molecule has 1 N–H and O–H groups in total. The number of carbonyl (C=O) groups excluding carboxylic acids is 1. The lowest BCUT2D eigenvalue weighted by Crippen LogP contribution is -2.50. The van der Waals surface area contributed by atoms with Crippen LogP contribution >= 0.6 is 35.7 Å². The molecule has 2 aliphatic heterocycles. The number of ether oxygens (including phenoxy) is 1. The summed E-state index contributed by atoms with van der Waals surface area (Å²) in [7, 11) is 3.54. The van der Waals surface area contributed by atoms with Crippen molar-refractivity contribution in [3.05, 3.63) is 0 Å². The van der Waals surface area contributed by atoms with Crippen LogP contribution in [0.3, 0.4) is 0 Å². The van der Waals surface area contributed by atoms with Crippen molar-refractivity contribution in [3.8, 4) is 0 Å². The second-order valence-electron chi connectivity index (χ2n) is 7.14. The average Bonchev–Trinajstić information content (AvgIpc) is 3.08. The maximum Gasteiger partial charge on any atom is 0.243 e. The maximum absolute atomic E-state index is 11.9. The molecule has 146 valence electrons. The molecule has 2 aliphatic rings. The zero-order chi connectivity index (χ0) is 17.5. The molecule has 2 saturated heterocycles. The van der Waals surface area contributed by atoms with Crippen molar-refractivity contribution in [2.75, 3.05) is 59.2 Å². The van der Waals surface area contributed by atoms with Gasteiger partial charge in [-0.25, -0.2) is 4.99 Å². The van der Waals surface area contributed by atoms with Crippen molar-refractivity contribution < 1.29 is 9.53 Å². The van der Waals surface area contributed by atoms with Crippen LogP contribution in [-0.2, 0) is 9.53 Å². The average molecular weight is 484 g/mol. The normalized spacial score (nSPS) is 24.2. The third-order valence-corrected chi connectivity index (χ3v) is 6.11. The van der Waals surface area contributed by atoms with Crippen molar-refractivity contribution in [1.29, 1.82) is 0 Å². The van der Waals surface area contributed by atoms with Crippen LogP contribution in [-0.4, -0.2) is 86.2 Å². The van der Waals surface area contributed by atoms with Crippen molar-refractivity contribution in [1.82, 2.24) is 15.1 Å². The van der Waals surface area contributed by atoms with E-state index in [0.29, 0.717) is 17.1 Å². The van der Waals surface area contributed by atoms with E-state index < -0.39 is 0 Å². The number of rotatable bonds is 5. The Labute approximate surface area is 173 Å². The first-order valence-corrected chi connectivity index (χ1v) is 9.95. The molecule has 2 heterocycles. The fourth-order valence-corrected chi connectivity index (χ4v) is 4.10. The predicted molar refractivity (Wildman–Crippen MR) is 116 cm³/mol. The van der Waals surface area contributed by atoms with Crippen LogP contribution in [0.25, 0.3) is 0 Å². The highest BCUT2D eigenvalue weighted by Gasteiger charge is 2.26. The number of hydrogen-bond acceptors (Lipinski definition) is 4. The van der Waals surface area contributed by atoms with E-state index in [9.17, 15) is 4.79 Å². The van der Waals surface area contributed by atoms with Gasteiger partial charge in [0.05, 0.1) is 6.61 Å². The Bertz CT molecular complexity index is 442. The van der Waals surface area contributed by atoms with Crippen molar-refractivity contribution >= 4 is 47.6 Å². The van der Waals surface area contributed by atoms with E-state index in [0.717, 1.165) is 51.0 Å². The number of amides is 1. The topological polar surface area (TPSA) is 57.2 Å². The lowest BCUT2D eigenvalue weighted by molar-refractivity contribution is -0.127. The molecule has 0 spiro atoms. The van der Waals surface area contributed by atoms with Gasteiger partial charge in [-0.2, -0.15) is 11.8 Å². The summed E-state index contributed by atoms with van der Waals surface area (Å²) in [5.74, 6) is 3.20. The molecule has 0 saturated carbocycles. The van der Waals surface area contributed by atoms with E-state index in [1.54, 1.807) is 19.0 Å². The third-order valence-electron chi connectivity index (χ3n) is 4.57. The summed E-state index contributed by atoms with van der Waals surface area (Å²) >= 11 is 2.05. The largest absolute Gasteiger partial charge is 0.381 e. The summed E-state index contributed by atoms with van der Waals surface area (Å²) in [6.07, 6.45) is 1.10. The highest BCUT2D eigenvalue weighted by molar-refractivity contribution is 14.0. The monoisotopic (exact) mass is 484 g/mol. The Kier molecular flexibility index (Phi) is 10.5. The van der Waals surface area contributed by atoms with Crippen LogP contribution in [0.4, 0.5) is 0 Å². The first-order valence-electron chi connectivity index (χ1n) is 8.90. The molecular formula is C17H33IN4O2S. The van der Waals surface area contributed by atoms with Gasteiger partial charge in [0.2, 0.25) is 5.91 Å². The van der Waals surface area contributed by atoms with E-state index in [1.165, 1.54) is 0 Å². The number of halogens is 1. The molecule has 0 bridgehead atoms. The van der Waals surface area contributed by atoms with Crippen LogP contribution in [0.1, 0.15) is 20.3 Å². The van der Waals surface area contributed by atoms with Gasteiger partial charge < -0.3 is 19.9 Å².